The maximum Gasteiger partial charge on any atom is 0.224 e. The second kappa shape index (κ2) is 8.52. The van der Waals surface area contributed by atoms with E-state index >= 15 is 0 Å². The maximum absolute atomic E-state index is 14.1. The van der Waals surface area contributed by atoms with Crippen molar-refractivity contribution >= 4 is 17.4 Å². The number of Topliss-reactive ketones (excluding diaryl/α,β-unsaturated/α-hetero) is 1. The molecule has 4 rings (SSSR count). The number of carbonyl (C=O) groups excluding carboxylic acids is 2. The van der Waals surface area contributed by atoms with E-state index in [2.05, 4.69) is 20.8 Å². The summed E-state index contributed by atoms with van der Waals surface area (Å²) in [5, 5.41) is 13.7. The first-order valence-corrected chi connectivity index (χ1v) is 10.0. The highest BCUT2D eigenvalue weighted by Crippen LogP contribution is 2.23. The van der Waals surface area contributed by atoms with Crippen LogP contribution in [-0.2, 0) is 17.6 Å². The Balaban J connectivity index is 1.38. The summed E-state index contributed by atoms with van der Waals surface area (Å²) < 4.78 is 15.4. The summed E-state index contributed by atoms with van der Waals surface area (Å²) in [4.78, 5) is 24.9. The Morgan fingerprint density at radius 2 is 1.87 bits per heavy atom. The van der Waals surface area contributed by atoms with Crippen molar-refractivity contribution < 1.29 is 14.0 Å². The monoisotopic (exact) mass is 407 g/mol. The molecule has 0 spiro atoms. The minimum absolute atomic E-state index is 0.0482. The number of ketones is 1. The molecular formula is C22H22FN5O2. The van der Waals surface area contributed by atoms with Gasteiger partial charge in [0.05, 0.1) is 0 Å². The van der Waals surface area contributed by atoms with E-state index < -0.39 is 5.82 Å². The molecule has 0 bridgehead atoms. The van der Waals surface area contributed by atoms with E-state index in [0.29, 0.717) is 17.1 Å². The molecule has 0 aliphatic heterocycles. The molecule has 154 valence electrons. The molecule has 1 heterocycles. The number of benzene rings is 2. The van der Waals surface area contributed by atoms with Crippen molar-refractivity contribution in [3.05, 3.63) is 64.7 Å². The van der Waals surface area contributed by atoms with Crippen molar-refractivity contribution in [2.75, 3.05) is 5.32 Å². The lowest BCUT2D eigenvalue weighted by Crippen LogP contribution is -2.14. The van der Waals surface area contributed by atoms with Crippen LogP contribution < -0.4 is 5.32 Å². The molecule has 3 aromatic rings. The summed E-state index contributed by atoms with van der Waals surface area (Å²) in [5.41, 5.74) is 3.77. The molecule has 0 saturated heterocycles. The van der Waals surface area contributed by atoms with Gasteiger partial charge in [-0.15, -0.1) is 5.10 Å². The Morgan fingerprint density at radius 3 is 2.63 bits per heavy atom. The number of hydrogen-bond donors (Lipinski definition) is 1. The van der Waals surface area contributed by atoms with E-state index in [0.717, 1.165) is 19.3 Å². The molecule has 8 heteroatoms. The van der Waals surface area contributed by atoms with Crippen molar-refractivity contribution in [3.8, 4) is 5.69 Å². The first kappa shape index (κ1) is 19.9. The highest BCUT2D eigenvalue weighted by Gasteiger charge is 2.15. The standard InChI is InChI=1S/C22H22FN5O2/c1-14-25-26-27-28(14)20-13-18(8-9-19(20)23)24-22(30)11-10-21(29)17-7-6-15-4-2-3-5-16(15)12-17/h6-9,12-13H,2-5,10-11H2,1H3,(H,24,30). The second-order valence-electron chi connectivity index (χ2n) is 7.47. The predicted octanol–water partition coefficient (Wildman–Crippen LogP) is 3.59. The molecule has 30 heavy (non-hydrogen) atoms. The van der Waals surface area contributed by atoms with Crippen LogP contribution in [0.3, 0.4) is 0 Å². The Labute approximate surface area is 173 Å². The van der Waals surface area contributed by atoms with Gasteiger partial charge in [-0.25, -0.2) is 4.39 Å². The summed E-state index contributed by atoms with van der Waals surface area (Å²) in [7, 11) is 0. The number of rotatable bonds is 6. The lowest BCUT2D eigenvalue weighted by molar-refractivity contribution is -0.116. The Morgan fingerprint density at radius 1 is 1.07 bits per heavy atom. The maximum atomic E-state index is 14.1. The van der Waals surface area contributed by atoms with Gasteiger partial charge in [0.25, 0.3) is 0 Å². The van der Waals surface area contributed by atoms with E-state index in [4.69, 9.17) is 0 Å². The number of fused-ring (bicyclic) bond motifs is 1. The molecule has 1 aromatic heterocycles. The number of halogens is 1. The number of carbonyl (C=O) groups is 2. The summed E-state index contributed by atoms with van der Waals surface area (Å²) in [6.45, 7) is 1.65. The SMILES string of the molecule is Cc1nnnn1-c1cc(NC(=O)CCC(=O)c2ccc3c(c2)CCCC3)ccc1F. The van der Waals surface area contributed by atoms with Crippen LogP contribution in [-0.4, -0.2) is 31.9 Å². The molecule has 2 aromatic carbocycles. The third kappa shape index (κ3) is 4.27. The van der Waals surface area contributed by atoms with Gasteiger partial charge in [-0.1, -0.05) is 12.1 Å². The lowest BCUT2D eigenvalue weighted by atomic mass is 9.89. The van der Waals surface area contributed by atoms with Crippen LogP contribution >= 0.6 is 0 Å². The van der Waals surface area contributed by atoms with Crippen LogP contribution in [0.1, 0.15) is 53.0 Å². The zero-order valence-electron chi connectivity index (χ0n) is 16.7. The van der Waals surface area contributed by atoms with Gasteiger partial charge in [-0.2, -0.15) is 4.68 Å². The molecule has 0 atom stereocenters. The van der Waals surface area contributed by atoms with E-state index in [1.54, 1.807) is 6.92 Å². The normalized spacial score (nSPS) is 13.0. The molecule has 1 aliphatic rings. The number of aryl methyl sites for hydroxylation is 3. The first-order chi connectivity index (χ1) is 14.5. The van der Waals surface area contributed by atoms with Crippen LogP contribution in [0.15, 0.2) is 36.4 Å². The summed E-state index contributed by atoms with van der Waals surface area (Å²) in [6.07, 6.45) is 4.58. The number of nitrogens with zero attached hydrogens (tertiary/aromatic N) is 4. The van der Waals surface area contributed by atoms with E-state index in [1.807, 2.05) is 18.2 Å². The number of amides is 1. The van der Waals surface area contributed by atoms with Crippen molar-refractivity contribution in [3.63, 3.8) is 0 Å². The van der Waals surface area contributed by atoms with E-state index in [9.17, 15) is 14.0 Å². The first-order valence-electron chi connectivity index (χ1n) is 10.0. The third-order valence-corrected chi connectivity index (χ3v) is 5.33. The van der Waals surface area contributed by atoms with Crippen molar-refractivity contribution in [1.82, 2.24) is 20.2 Å². The number of hydrogen-bond acceptors (Lipinski definition) is 5. The summed E-state index contributed by atoms with van der Waals surface area (Å²) in [5.74, 6) is -0.450. The van der Waals surface area contributed by atoms with Gasteiger partial charge in [0.1, 0.15) is 11.5 Å². The molecule has 1 aliphatic carbocycles. The van der Waals surface area contributed by atoms with Crippen LogP contribution in [0, 0.1) is 12.7 Å². The number of anilines is 1. The lowest BCUT2D eigenvalue weighted by Gasteiger charge is -2.16. The minimum Gasteiger partial charge on any atom is -0.326 e. The molecule has 0 radical (unpaired) electrons. The number of tetrazole rings is 1. The highest BCUT2D eigenvalue weighted by molar-refractivity contribution is 6.00. The third-order valence-electron chi connectivity index (χ3n) is 5.33. The van der Waals surface area contributed by atoms with Crippen molar-refractivity contribution in [1.29, 1.82) is 0 Å². The molecular weight excluding hydrogens is 385 g/mol. The topological polar surface area (TPSA) is 89.8 Å². The largest absolute Gasteiger partial charge is 0.326 e. The Hall–Kier alpha value is -3.42. The average Bonchev–Trinajstić information content (AvgIpc) is 3.18. The average molecular weight is 407 g/mol. The summed E-state index contributed by atoms with van der Waals surface area (Å²) >= 11 is 0. The fourth-order valence-electron chi connectivity index (χ4n) is 3.71. The van der Waals surface area contributed by atoms with Crippen LogP contribution in [0.4, 0.5) is 10.1 Å². The van der Waals surface area contributed by atoms with Crippen LogP contribution in [0.5, 0.6) is 0 Å². The van der Waals surface area contributed by atoms with E-state index in [1.165, 1.54) is 40.4 Å². The smallest absolute Gasteiger partial charge is 0.224 e. The van der Waals surface area contributed by atoms with Crippen molar-refractivity contribution in [2.45, 2.75) is 45.4 Å². The number of aromatic nitrogens is 4. The molecule has 1 N–H and O–H groups in total. The molecule has 1 amide bonds. The zero-order valence-corrected chi connectivity index (χ0v) is 16.7. The van der Waals surface area contributed by atoms with E-state index in [-0.39, 0.29) is 30.2 Å². The van der Waals surface area contributed by atoms with Gasteiger partial charge in [0.15, 0.2) is 11.6 Å². The van der Waals surface area contributed by atoms with Crippen molar-refractivity contribution in [2.24, 2.45) is 0 Å². The Kier molecular flexibility index (Phi) is 5.65. The van der Waals surface area contributed by atoms with Gasteiger partial charge in [-0.05, 0) is 78.4 Å². The predicted molar refractivity (Wildman–Crippen MR) is 109 cm³/mol. The Bertz CT molecular complexity index is 1110. The quantitative estimate of drug-likeness (QED) is 0.631. The molecule has 0 fully saturated rings. The van der Waals surface area contributed by atoms with Gasteiger partial charge in [0, 0.05) is 24.1 Å². The van der Waals surface area contributed by atoms with Crippen LogP contribution in [0.2, 0.25) is 0 Å². The van der Waals surface area contributed by atoms with Gasteiger partial charge in [-0.3, -0.25) is 9.59 Å². The second-order valence-corrected chi connectivity index (χ2v) is 7.47. The highest BCUT2D eigenvalue weighted by atomic mass is 19.1. The number of nitrogens with one attached hydrogen (secondary N) is 1. The fraction of sp³-hybridized carbons (Fsp3) is 0.318. The summed E-state index contributed by atoms with van der Waals surface area (Å²) in [6, 6.07) is 10.0. The fourth-order valence-corrected chi connectivity index (χ4v) is 3.71. The van der Waals surface area contributed by atoms with Crippen LogP contribution in [0.25, 0.3) is 5.69 Å². The van der Waals surface area contributed by atoms with Gasteiger partial charge < -0.3 is 5.32 Å². The van der Waals surface area contributed by atoms with Gasteiger partial charge >= 0.3 is 0 Å². The molecule has 0 unspecified atom stereocenters. The molecule has 0 saturated carbocycles. The minimum atomic E-state index is -0.508. The van der Waals surface area contributed by atoms with Gasteiger partial charge in [0.2, 0.25) is 5.91 Å². The molecule has 7 nitrogen and oxygen atoms in total. The zero-order chi connectivity index (χ0) is 21.1.